The van der Waals surface area contributed by atoms with Crippen LogP contribution < -0.4 is 11.1 Å². The van der Waals surface area contributed by atoms with E-state index in [9.17, 15) is 9.59 Å². The predicted octanol–water partition coefficient (Wildman–Crippen LogP) is 7.85. The predicted molar refractivity (Wildman–Crippen MR) is 147 cm³/mol. The van der Waals surface area contributed by atoms with Gasteiger partial charge in [-0.15, -0.1) is 0 Å². The zero-order chi connectivity index (χ0) is 24.4. The Labute approximate surface area is 214 Å². The minimum absolute atomic E-state index is 0.0234. The Morgan fingerprint density at radius 3 is 1.76 bits per heavy atom. The molecule has 0 spiro atoms. The number of carbonyl (C=O) groups is 2. The van der Waals surface area contributed by atoms with E-state index >= 15 is 0 Å². The summed E-state index contributed by atoms with van der Waals surface area (Å²) in [6.45, 7) is 3.66. The van der Waals surface area contributed by atoms with E-state index in [2.05, 4.69) is 28.2 Å². The molecule has 0 heterocycles. The van der Waals surface area contributed by atoms with Crippen molar-refractivity contribution in [1.82, 2.24) is 5.32 Å². The van der Waals surface area contributed by atoms with E-state index in [1.54, 1.807) is 0 Å². The first-order valence-corrected chi connectivity index (χ1v) is 15.4. The lowest BCUT2D eigenvalue weighted by molar-refractivity contribution is -0.134. The molecular weight excluding hydrogens is 476 g/mol. The smallest absolute Gasteiger partial charge is 0.230 e. The van der Waals surface area contributed by atoms with Crippen LogP contribution >= 0.6 is 15.9 Å². The van der Waals surface area contributed by atoms with Gasteiger partial charge in [-0.1, -0.05) is 119 Å². The summed E-state index contributed by atoms with van der Waals surface area (Å²) >= 11 is 3.48. The van der Waals surface area contributed by atoms with Gasteiger partial charge in [0.25, 0.3) is 0 Å². The lowest BCUT2D eigenvalue weighted by atomic mass is 9.92. The van der Waals surface area contributed by atoms with Crippen LogP contribution in [-0.2, 0) is 9.59 Å². The maximum absolute atomic E-state index is 12.9. The molecule has 0 saturated carbocycles. The average Bonchev–Trinajstić information content (AvgIpc) is 2.81. The van der Waals surface area contributed by atoms with Crippen molar-refractivity contribution in [2.75, 3.05) is 18.4 Å². The fourth-order valence-corrected chi connectivity index (χ4v) is 4.73. The van der Waals surface area contributed by atoms with Crippen molar-refractivity contribution < 1.29 is 9.59 Å². The molecule has 0 aromatic heterocycles. The summed E-state index contributed by atoms with van der Waals surface area (Å²) < 4.78 is 0. The lowest BCUT2D eigenvalue weighted by Crippen LogP contribution is -2.36. The number of unbranched alkanes of at least 4 members (excludes halogenated alkanes) is 16. The van der Waals surface area contributed by atoms with Crippen molar-refractivity contribution in [1.29, 1.82) is 0 Å². The van der Waals surface area contributed by atoms with E-state index in [1.165, 1.54) is 70.6 Å². The van der Waals surface area contributed by atoms with Crippen LogP contribution in [0.15, 0.2) is 0 Å². The molecule has 0 aliphatic carbocycles. The van der Waals surface area contributed by atoms with Crippen LogP contribution in [0.2, 0.25) is 0 Å². The van der Waals surface area contributed by atoms with Crippen molar-refractivity contribution in [3.05, 3.63) is 0 Å². The second-order valence-electron chi connectivity index (χ2n) is 9.69. The summed E-state index contributed by atoms with van der Waals surface area (Å²) in [5.74, 6) is -0.285. The van der Waals surface area contributed by atoms with E-state index in [0.717, 1.165) is 69.7 Å². The second-order valence-corrected chi connectivity index (χ2v) is 10.5. The Morgan fingerprint density at radius 1 is 0.697 bits per heavy atom. The molecule has 0 saturated heterocycles. The third-order valence-electron chi connectivity index (χ3n) is 6.54. The molecule has 0 rings (SSSR count). The Kier molecular flexibility index (Phi) is 25.9. The minimum atomic E-state index is -0.430. The highest BCUT2D eigenvalue weighted by atomic mass is 79.9. The molecule has 33 heavy (non-hydrogen) atoms. The molecule has 5 heteroatoms. The lowest BCUT2D eigenvalue weighted by Gasteiger charge is -2.16. The first kappa shape index (κ1) is 32.6. The van der Waals surface area contributed by atoms with Gasteiger partial charge in [-0.3, -0.25) is 9.59 Å². The molecule has 0 radical (unpaired) electrons. The van der Waals surface area contributed by atoms with Crippen molar-refractivity contribution in [3.8, 4) is 0 Å². The Balaban J connectivity index is 4.16. The standard InChI is InChI=1S/C28H55BrN2O2/c1-2-3-20-25-31-28(33)26(21-16-12-8-5-7-11-15-19-24-30)27(32)22-17-13-9-4-6-10-14-18-23-29/h26H,2-25,30H2,1H3,(H,31,33). The van der Waals surface area contributed by atoms with Crippen LogP contribution in [0, 0.1) is 5.92 Å². The van der Waals surface area contributed by atoms with Gasteiger partial charge in [-0.2, -0.15) is 0 Å². The van der Waals surface area contributed by atoms with Crippen LogP contribution in [0.3, 0.4) is 0 Å². The van der Waals surface area contributed by atoms with Gasteiger partial charge in [0.2, 0.25) is 5.91 Å². The number of hydrogen-bond donors (Lipinski definition) is 2. The first-order valence-electron chi connectivity index (χ1n) is 14.2. The molecule has 0 aliphatic heterocycles. The number of hydrogen-bond acceptors (Lipinski definition) is 3. The molecule has 1 amide bonds. The Hall–Kier alpha value is -0.420. The zero-order valence-corrected chi connectivity index (χ0v) is 23.4. The van der Waals surface area contributed by atoms with Crippen molar-refractivity contribution >= 4 is 27.6 Å². The van der Waals surface area contributed by atoms with Crippen LogP contribution in [-0.4, -0.2) is 30.1 Å². The first-order chi connectivity index (χ1) is 16.2. The van der Waals surface area contributed by atoms with Crippen molar-refractivity contribution in [2.24, 2.45) is 11.7 Å². The summed E-state index contributed by atoms with van der Waals surface area (Å²) in [5, 5.41) is 4.15. The third-order valence-corrected chi connectivity index (χ3v) is 7.10. The topological polar surface area (TPSA) is 72.2 Å². The van der Waals surface area contributed by atoms with Gasteiger partial charge in [0.15, 0.2) is 0 Å². The van der Waals surface area contributed by atoms with Crippen LogP contribution in [0.25, 0.3) is 0 Å². The quantitative estimate of drug-likeness (QED) is 0.0678. The number of ketones is 1. The number of carbonyl (C=O) groups excluding carboxylic acids is 2. The highest BCUT2D eigenvalue weighted by molar-refractivity contribution is 9.09. The van der Waals surface area contributed by atoms with E-state index in [0.29, 0.717) is 13.0 Å². The summed E-state index contributed by atoms with van der Waals surface area (Å²) in [4.78, 5) is 25.6. The molecule has 1 unspecified atom stereocenters. The van der Waals surface area contributed by atoms with Crippen molar-refractivity contribution in [2.45, 2.75) is 142 Å². The highest BCUT2D eigenvalue weighted by Gasteiger charge is 2.25. The van der Waals surface area contributed by atoms with E-state index in [-0.39, 0.29) is 11.7 Å². The van der Waals surface area contributed by atoms with Gasteiger partial charge in [-0.25, -0.2) is 0 Å². The molecule has 0 aromatic rings. The minimum Gasteiger partial charge on any atom is -0.355 e. The molecule has 0 fully saturated rings. The molecule has 0 aliphatic rings. The van der Waals surface area contributed by atoms with E-state index in [1.807, 2.05) is 0 Å². The number of halogens is 1. The number of alkyl halides is 1. The van der Waals surface area contributed by atoms with Crippen LogP contribution in [0.1, 0.15) is 142 Å². The molecule has 196 valence electrons. The SMILES string of the molecule is CCCCCNC(=O)C(CCCCCCCCCCN)C(=O)CCCCCCCCCCBr. The highest BCUT2D eigenvalue weighted by Crippen LogP contribution is 2.18. The average molecular weight is 532 g/mol. The molecule has 4 nitrogen and oxygen atoms in total. The summed E-state index contributed by atoms with van der Waals surface area (Å²) in [6.07, 6.45) is 23.8. The van der Waals surface area contributed by atoms with Gasteiger partial charge in [0.1, 0.15) is 5.78 Å². The monoisotopic (exact) mass is 530 g/mol. The van der Waals surface area contributed by atoms with Gasteiger partial charge in [0.05, 0.1) is 5.92 Å². The van der Waals surface area contributed by atoms with Crippen molar-refractivity contribution in [3.63, 3.8) is 0 Å². The maximum Gasteiger partial charge on any atom is 0.230 e. The number of amides is 1. The molecule has 1 atom stereocenters. The van der Waals surface area contributed by atoms with Gasteiger partial charge in [0, 0.05) is 18.3 Å². The summed E-state index contributed by atoms with van der Waals surface area (Å²) in [6, 6.07) is 0. The Morgan fingerprint density at radius 2 is 1.21 bits per heavy atom. The molecule has 0 aromatic carbocycles. The molecule has 0 bridgehead atoms. The second kappa shape index (κ2) is 26.2. The number of nitrogens with two attached hydrogens (primary N) is 1. The zero-order valence-electron chi connectivity index (χ0n) is 21.8. The van der Waals surface area contributed by atoms with Crippen LogP contribution in [0.5, 0.6) is 0 Å². The van der Waals surface area contributed by atoms with Crippen LogP contribution in [0.4, 0.5) is 0 Å². The largest absolute Gasteiger partial charge is 0.355 e. The van der Waals surface area contributed by atoms with E-state index < -0.39 is 5.92 Å². The molecular formula is C28H55BrN2O2. The maximum atomic E-state index is 12.9. The summed E-state index contributed by atoms with van der Waals surface area (Å²) in [7, 11) is 0. The number of nitrogens with one attached hydrogen (secondary N) is 1. The molecule has 3 N–H and O–H groups in total. The van der Waals surface area contributed by atoms with Gasteiger partial charge < -0.3 is 11.1 Å². The fourth-order valence-electron chi connectivity index (χ4n) is 4.33. The normalized spacial score (nSPS) is 12.1. The number of rotatable bonds is 26. The third kappa shape index (κ3) is 21.8. The fraction of sp³-hybridized carbons (Fsp3) is 0.929. The Bertz CT molecular complexity index is 446. The summed E-state index contributed by atoms with van der Waals surface area (Å²) in [5.41, 5.74) is 5.54. The number of Topliss-reactive ketones (excluding diaryl/α,β-unsaturated/α-hetero) is 1. The van der Waals surface area contributed by atoms with Gasteiger partial charge in [-0.05, 0) is 38.6 Å². The van der Waals surface area contributed by atoms with E-state index in [4.69, 9.17) is 5.73 Å². The van der Waals surface area contributed by atoms with Gasteiger partial charge >= 0.3 is 0 Å².